The second-order valence-corrected chi connectivity index (χ2v) is 18.5. The van der Waals surface area contributed by atoms with E-state index in [1.54, 1.807) is 0 Å². The third-order valence-corrected chi connectivity index (χ3v) is 9.81. The van der Waals surface area contributed by atoms with Gasteiger partial charge in [0.15, 0.2) is 0 Å². The van der Waals surface area contributed by atoms with Crippen LogP contribution < -0.4 is 16.0 Å². The number of carbonyl (C=O) groups is 3. The fraction of sp³-hybridized carbons (Fsp3) is 0.914. The zero-order valence-electron chi connectivity index (χ0n) is 29.6. The Bertz CT molecular complexity index is 1000. The molecule has 0 bridgehead atoms. The van der Waals surface area contributed by atoms with Gasteiger partial charge < -0.3 is 30.2 Å². The molecule has 3 aliphatic heterocycles. The van der Waals surface area contributed by atoms with Crippen LogP contribution in [0.25, 0.3) is 0 Å². The lowest BCUT2D eigenvalue weighted by Gasteiger charge is -2.46. The van der Waals surface area contributed by atoms with Gasteiger partial charge in [-0.15, -0.1) is 0 Å². The minimum absolute atomic E-state index is 0.173. The number of piperidine rings is 3. The van der Waals surface area contributed by atoms with Crippen molar-refractivity contribution >= 4 is 17.9 Å². The first-order valence-electron chi connectivity index (χ1n) is 16.8. The van der Waals surface area contributed by atoms with E-state index in [0.717, 1.165) is 0 Å². The maximum absolute atomic E-state index is 13.9. The molecule has 0 radical (unpaired) electrons. The molecule has 4 rings (SSSR count). The number of esters is 3. The Morgan fingerprint density at radius 2 is 0.659 bits per heavy atom. The van der Waals surface area contributed by atoms with E-state index < -0.39 is 29.7 Å². The van der Waals surface area contributed by atoms with Crippen LogP contribution in [0.15, 0.2) is 0 Å². The molecule has 9 nitrogen and oxygen atoms in total. The first-order valence-corrected chi connectivity index (χ1v) is 16.8. The third kappa shape index (κ3) is 9.18. The van der Waals surface area contributed by atoms with E-state index in [4.69, 9.17) is 14.2 Å². The highest BCUT2D eigenvalue weighted by Crippen LogP contribution is 2.42. The van der Waals surface area contributed by atoms with E-state index in [1.807, 2.05) is 0 Å². The summed E-state index contributed by atoms with van der Waals surface area (Å²) in [5, 5.41) is 10.9. The molecule has 252 valence electrons. The van der Waals surface area contributed by atoms with Crippen molar-refractivity contribution in [1.82, 2.24) is 16.0 Å². The Labute approximate surface area is 266 Å². The predicted molar refractivity (Wildman–Crippen MR) is 171 cm³/mol. The quantitative estimate of drug-likeness (QED) is 0.273. The van der Waals surface area contributed by atoms with Gasteiger partial charge in [0.1, 0.15) is 18.3 Å². The highest BCUT2D eigenvalue weighted by Gasteiger charge is 2.51. The van der Waals surface area contributed by atoms with Gasteiger partial charge in [-0.05, 0) is 95.9 Å². The van der Waals surface area contributed by atoms with E-state index in [0.29, 0.717) is 38.5 Å². The molecule has 3 saturated heterocycles. The van der Waals surface area contributed by atoms with Crippen molar-refractivity contribution in [3.63, 3.8) is 0 Å². The summed E-state index contributed by atoms with van der Waals surface area (Å²) in [5.41, 5.74) is -1.13. The molecule has 3 N–H and O–H groups in total. The summed E-state index contributed by atoms with van der Waals surface area (Å²) in [6.07, 6.45) is 3.79. The lowest BCUT2D eigenvalue weighted by Crippen LogP contribution is -2.60. The molecular formula is C35H61N3O6. The highest BCUT2D eigenvalue weighted by atomic mass is 16.6. The zero-order valence-corrected chi connectivity index (χ0v) is 29.6. The Kier molecular flexibility index (Phi) is 9.45. The monoisotopic (exact) mass is 619 g/mol. The number of ether oxygens (including phenoxy) is 3. The molecule has 0 amide bonds. The summed E-state index contributed by atoms with van der Waals surface area (Å²) in [6, 6.07) is 0. The molecule has 44 heavy (non-hydrogen) atoms. The number of rotatable bonds is 6. The van der Waals surface area contributed by atoms with Crippen LogP contribution in [-0.4, -0.2) is 69.5 Å². The summed E-state index contributed by atoms with van der Waals surface area (Å²) in [7, 11) is 0. The molecular weight excluding hydrogens is 558 g/mol. The fourth-order valence-corrected chi connectivity index (χ4v) is 9.45. The van der Waals surface area contributed by atoms with Gasteiger partial charge in [0.2, 0.25) is 0 Å². The van der Waals surface area contributed by atoms with Crippen LogP contribution >= 0.6 is 0 Å². The van der Waals surface area contributed by atoms with Crippen LogP contribution in [0.2, 0.25) is 0 Å². The summed E-state index contributed by atoms with van der Waals surface area (Å²) in [5.74, 6) is -3.20. The van der Waals surface area contributed by atoms with Crippen molar-refractivity contribution in [2.75, 3.05) is 0 Å². The second kappa shape index (κ2) is 11.8. The summed E-state index contributed by atoms with van der Waals surface area (Å²) >= 11 is 0. The van der Waals surface area contributed by atoms with Crippen molar-refractivity contribution < 1.29 is 28.6 Å². The van der Waals surface area contributed by atoms with E-state index in [2.05, 4.69) is 99.0 Å². The summed E-state index contributed by atoms with van der Waals surface area (Å²) < 4.78 is 18.4. The molecule has 0 aromatic carbocycles. The number of hydrogen-bond acceptors (Lipinski definition) is 9. The van der Waals surface area contributed by atoms with Gasteiger partial charge in [-0.3, -0.25) is 14.4 Å². The van der Waals surface area contributed by atoms with E-state index in [9.17, 15) is 14.4 Å². The maximum atomic E-state index is 13.9. The van der Waals surface area contributed by atoms with Crippen molar-refractivity contribution in [3.05, 3.63) is 0 Å². The first kappa shape index (κ1) is 35.1. The Morgan fingerprint density at radius 1 is 0.432 bits per heavy atom. The molecule has 4 fully saturated rings. The van der Waals surface area contributed by atoms with Gasteiger partial charge in [-0.1, -0.05) is 0 Å². The smallest absolute Gasteiger partial charge is 0.310 e. The van der Waals surface area contributed by atoms with Gasteiger partial charge in [-0.2, -0.15) is 0 Å². The average Bonchev–Trinajstić information content (AvgIpc) is 3.18. The molecule has 2 unspecified atom stereocenters. The zero-order chi connectivity index (χ0) is 33.1. The molecule has 4 aliphatic rings. The van der Waals surface area contributed by atoms with E-state index in [-0.39, 0.29) is 70.4 Å². The van der Waals surface area contributed by atoms with Crippen LogP contribution in [0.4, 0.5) is 0 Å². The Balaban J connectivity index is 1.50. The number of hydrogen-bond donors (Lipinski definition) is 3. The Morgan fingerprint density at radius 3 is 0.909 bits per heavy atom. The molecule has 3 heterocycles. The van der Waals surface area contributed by atoms with Crippen LogP contribution in [0.1, 0.15) is 134 Å². The van der Waals surface area contributed by atoms with Gasteiger partial charge in [0.25, 0.3) is 0 Å². The van der Waals surface area contributed by atoms with Gasteiger partial charge in [0.05, 0.1) is 17.8 Å². The van der Waals surface area contributed by atoms with E-state index >= 15 is 0 Å². The second-order valence-electron chi connectivity index (χ2n) is 18.5. The SMILES string of the molecule is CC1(C)CC(OC(=O)C2CC(C(=O)OC3CC(C)(C)NC(C)(C)C3)C(C(=O)OC3CC(C)(C)NC(C)(C)C3)C2)CC(C)(C)N1. The van der Waals surface area contributed by atoms with E-state index in [1.165, 1.54) is 0 Å². The van der Waals surface area contributed by atoms with Crippen LogP contribution in [0.5, 0.6) is 0 Å². The van der Waals surface area contributed by atoms with Gasteiger partial charge in [-0.25, -0.2) is 0 Å². The number of carbonyl (C=O) groups excluding carboxylic acids is 3. The van der Waals surface area contributed by atoms with Crippen molar-refractivity contribution in [3.8, 4) is 0 Å². The average molecular weight is 620 g/mol. The van der Waals surface area contributed by atoms with Crippen LogP contribution in [0, 0.1) is 17.8 Å². The third-order valence-electron chi connectivity index (χ3n) is 9.81. The van der Waals surface area contributed by atoms with Crippen molar-refractivity contribution in [1.29, 1.82) is 0 Å². The van der Waals surface area contributed by atoms with Crippen molar-refractivity contribution in [2.45, 2.75) is 186 Å². The molecule has 0 aromatic heterocycles. The molecule has 0 aromatic rings. The lowest BCUT2D eigenvalue weighted by molar-refractivity contribution is -0.169. The molecule has 9 heteroatoms. The summed E-state index contributed by atoms with van der Waals surface area (Å²) in [6.45, 7) is 25.4. The normalized spacial score (nSPS) is 32.9. The maximum Gasteiger partial charge on any atom is 0.310 e. The van der Waals surface area contributed by atoms with Crippen LogP contribution in [0.3, 0.4) is 0 Å². The summed E-state index contributed by atoms with van der Waals surface area (Å²) in [4.78, 5) is 41.3. The standard InChI is InChI=1S/C35H61N3O6/c1-30(2)15-22(16-31(3,4)36-30)42-27(39)21-13-25(28(40)43-23-17-32(5,6)37-33(7,8)18-23)26(14-21)29(41)44-24-19-34(9,10)38-35(11,12)20-24/h21-26,36-38H,13-20H2,1-12H3. The first-order chi connectivity index (χ1) is 19.8. The predicted octanol–water partition coefficient (Wildman–Crippen LogP) is 5.19. The lowest BCUT2D eigenvalue weighted by atomic mass is 9.80. The minimum atomic E-state index is -0.746. The minimum Gasteiger partial charge on any atom is -0.462 e. The van der Waals surface area contributed by atoms with Crippen LogP contribution in [-0.2, 0) is 28.6 Å². The largest absolute Gasteiger partial charge is 0.462 e. The van der Waals surface area contributed by atoms with Crippen molar-refractivity contribution in [2.24, 2.45) is 17.8 Å². The fourth-order valence-electron chi connectivity index (χ4n) is 9.45. The molecule has 1 aliphatic carbocycles. The van der Waals surface area contributed by atoms with Gasteiger partial charge in [0, 0.05) is 71.8 Å². The molecule has 1 saturated carbocycles. The topological polar surface area (TPSA) is 115 Å². The highest BCUT2D eigenvalue weighted by molar-refractivity contribution is 5.85. The van der Waals surface area contributed by atoms with Gasteiger partial charge >= 0.3 is 17.9 Å². The molecule has 2 atom stereocenters. The molecule has 0 spiro atoms. The Hall–Kier alpha value is -1.71. The number of nitrogens with one attached hydrogen (secondary N) is 3.